The Labute approximate surface area is 167 Å². The fourth-order valence-electron chi connectivity index (χ4n) is 3.53. The van der Waals surface area contributed by atoms with Crippen LogP contribution in [0.25, 0.3) is 23.1 Å². The number of benzene rings is 3. The summed E-state index contributed by atoms with van der Waals surface area (Å²) in [6.45, 7) is 0.377. The first-order valence-electron chi connectivity index (χ1n) is 9.32. The third kappa shape index (κ3) is 3.19. The zero-order chi connectivity index (χ0) is 19.8. The summed E-state index contributed by atoms with van der Waals surface area (Å²) in [6, 6.07) is 21.4. The van der Waals surface area contributed by atoms with Gasteiger partial charge in [0.05, 0.1) is 16.8 Å². The number of aromatic nitrogens is 1. The molecule has 2 heterocycles. The predicted molar refractivity (Wildman–Crippen MR) is 111 cm³/mol. The molecule has 0 aliphatic carbocycles. The molecule has 140 valence electrons. The molecule has 0 radical (unpaired) electrons. The van der Waals surface area contributed by atoms with Crippen LogP contribution in [0.15, 0.2) is 72.8 Å². The molecule has 4 heteroatoms. The van der Waals surface area contributed by atoms with Crippen LogP contribution in [-0.2, 0) is 6.61 Å². The second-order valence-electron chi connectivity index (χ2n) is 6.91. The molecule has 1 aromatic heterocycles. The van der Waals surface area contributed by atoms with Crippen molar-refractivity contribution in [3.8, 4) is 5.75 Å². The van der Waals surface area contributed by atoms with E-state index in [0.717, 1.165) is 11.1 Å². The second kappa shape index (κ2) is 6.99. The highest BCUT2D eigenvalue weighted by molar-refractivity contribution is 6.12. The van der Waals surface area contributed by atoms with Crippen molar-refractivity contribution in [1.29, 1.82) is 0 Å². The molecule has 29 heavy (non-hydrogen) atoms. The Balaban J connectivity index is 1.49. The smallest absolute Gasteiger partial charge is 0.197 e. The van der Waals surface area contributed by atoms with Crippen LogP contribution in [0.2, 0.25) is 0 Å². The SMILES string of the molecule is O=C1c2ccccc2COc2ccc(/C=C/c3ccc4c(F)cccc4n3)cc21. The van der Waals surface area contributed by atoms with Crippen molar-refractivity contribution in [2.24, 2.45) is 0 Å². The van der Waals surface area contributed by atoms with Gasteiger partial charge in [0.15, 0.2) is 5.78 Å². The minimum atomic E-state index is -0.282. The quantitative estimate of drug-likeness (QED) is 0.449. The molecule has 1 aliphatic heterocycles. The van der Waals surface area contributed by atoms with E-state index in [1.165, 1.54) is 6.07 Å². The third-order valence-corrected chi connectivity index (χ3v) is 5.04. The van der Waals surface area contributed by atoms with E-state index in [-0.39, 0.29) is 11.6 Å². The van der Waals surface area contributed by atoms with Gasteiger partial charge >= 0.3 is 0 Å². The van der Waals surface area contributed by atoms with Gasteiger partial charge in [0, 0.05) is 16.5 Å². The normalized spacial score (nSPS) is 13.1. The van der Waals surface area contributed by atoms with Crippen LogP contribution < -0.4 is 4.74 Å². The number of ether oxygens (including phenoxy) is 1. The lowest BCUT2D eigenvalue weighted by Gasteiger charge is -2.07. The standard InChI is InChI=1S/C25H16FNO2/c26-22-6-3-7-23-20(22)12-11-18(27-23)10-8-16-9-13-24-21(14-16)25(28)19-5-2-1-4-17(19)15-29-24/h1-14H,15H2/b10-8+. The molecule has 3 aromatic carbocycles. The Bertz CT molecular complexity index is 1290. The van der Waals surface area contributed by atoms with Crippen LogP contribution in [0.3, 0.4) is 0 Å². The summed E-state index contributed by atoms with van der Waals surface area (Å²) in [7, 11) is 0. The molecule has 0 atom stereocenters. The molecule has 1 aliphatic rings. The lowest BCUT2D eigenvalue weighted by molar-refractivity contribution is 0.103. The fraction of sp³-hybridized carbons (Fsp3) is 0.0400. The third-order valence-electron chi connectivity index (χ3n) is 5.04. The van der Waals surface area contributed by atoms with Gasteiger partial charge in [0.2, 0.25) is 0 Å². The average Bonchev–Trinajstić information content (AvgIpc) is 2.89. The summed E-state index contributed by atoms with van der Waals surface area (Å²) in [5.41, 5.74) is 4.29. The maximum absolute atomic E-state index is 13.8. The van der Waals surface area contributed by atoms with E-state index in [1.807, 2.05) is 54.6 Å². The molecule has 0 amide bonds. The number of carbonyl (C=O) groups excluding carboxylic acids is 1. The molecule has 0 saturated carbocycles. The number of hydrogen-bond donors (Lipinski definition) is 0. The number of nitrogens with zero attached hydrogens (tertiary/aromatic N) is 1. The highest BCUT2D eigenvalue weighted by atomic mass is 19.1. The Morgan fingerprint density at radius 1 is 0.897 bits per heavy atom. The van der Waals surface area contributed by atoms with Gasteiger partial charge in [-0.25, -0.2) is 9.37 Å². The number of carbonyl (C=O) groups is 1. The Hall–Kier alpha value is -3.79. The van der Waals surface area contributed by atoms with Crippen molar-refractivity contribution in [3.05, 3.63) is 107 Å². The molecule has 0 saturated heterocycles. The molecule has 0 spiro atoms. The monoisotopic (exact) mass is 381 g/mol. The van der Waals surface area contributed by atoms with Gasteiger partial charge < -0.3 is 4.74 Å². The van der Waals surface area contributed by atoms with Crippen LogP contribution in [0.5, 0.6) is 5.75 Å². The Morgan fingerprint density at radius 2 is 1.79 bits per heavy atom. The highest BCUT2D eigenvalue weighted by Crippen LogP contribution is 2.29. The number of fused-ring (bicyclic) bond motifs is 3. The van der Waals surface area contributed by atoms with Crippen LogP contribution >= 0.6 is 0 Å². The molecule has 0 N–H and O–H groups in total. The zero-order valence-electron chi connectivity index (χ0n) is 15.4. The van der Waals surface area contributed by atoms with Crippen molar-refractivity contribution < 1.29 is 13.9 Å². The molecular formula is C25H16FNO2. The number of halogens is 1. The summed E-state index contributed by atoms with van der Waals surface area (Å²) in [6.07, 6.45) is 3.74. The largest absolute Gasteiger partial charge is 0.488 e. The predicted octanol–water partition coefficient (Wildman–Crippen LogP) is 5.67. The summed E-state index contributed by atoms with van der Waals surface area (Å²) < 4.78 is 19.6. The number of pyridine rings is 1. The summed E-state index contributed by atoms with van der Waals surface area (Å²) >= 11 is 0. The topological polar surface area (TPSA) is 39.2 Å². The maximum Gasteiger partial charge on any atom is 0.197 e. The summed E-state index contributed by atoms with van der Waals surface area (Å²) in [4.78, 5) is 17.5. The molecule has 4 aromatic rings. The van der Waals surface area contributed by atoms with Crippen molar-refractivity contribution in [2.45, 2.75) is 6.61 Å². The van der Waals surface area contributed by atoms with E-state index in [0.29, 0.717) is 40.1 Å². The molecule has 3 nitrogen and oxygen atoms in total. The van der Waals surface area contributed by atoms with Gasteiger partial charge in [-0.2, -0.15) is 0 Å². The average molecular weight is 381 g/mol. The Kier molecular flexibility index (Phi) is 4.17. The van der Waals surface area contributed by atoms with Gasteiger partial charge in [0.1, 0.15) is 18.2 Å². The second-order valence-corrected chi connectivity index (χ2v) is 6.91. The van der Waals surface area contributed by atoms with Gasteiger partial charge in [-0.3, -0.25) is 4.79 Å². The molecule has 0 unspecified atom stereocenters. The van der Waals surface area contributed by atoms with Gasteiger partial charge in [-0.1, -0.05) is 42.5 Å². The van der Waals surface area contributed by atoms with E-state index in [9.17, 15) is 9.18 Å². The number of ketones is 1. The van der Waals surface area contributed by atoms with E-state index in [2.05, 4.69) is 4.98 Å². The van der Waals surface area contributed by atoms with Crippen LogP contribution in [0.1, 0.15) is 32.7 Å². The van der Waals surface area contributed by atoms with Crippen LogP contribution in [0, 0.1) is 5.82 Å². The lowest BCUT2D eigenvalue weighted by atomic mass is 9.98. The van der Waals surface area contributed by atoms with Crippen molar-refractivity contribution in [3.63, 3.8) is 0 Å². The lowest BCUT2D eigenvalue weighted by Crippen LogP contribution is -2.02. The Morgan fingerprint density at radius 3 is 2.72 bits per heavy atom. The van der Waals surface area contributed by atoms with Gasteiger partial charge in [-0.05, 0) is 48.0 Å². The van der Waals surface area contributed by atoms with Crippen molar-refractivity contribution in [2.75, 3.05) is 0 Å². The van der Waals surface area contributed by atoms with Crippen LogP contribution in [-0.4, -0.2) is 10.8 Å². The van der Waals surface area contributed by atoms with Gasteiger partial charge in [0.25, 0.3) is 0 Å². The van der Waals surface area contributed by atoms with Gasteiger partial charge in [-0.15, -0.1) is 0 Å². The summed E-state index contributed by atoms with van der Waals surface area (Å²) in [5, 5.41) is 0.496. The minimum Gasteiger partial charge on any atom is -0.488 e. The maximum atomic E-state index is 13.8. The fourth-order valence-corrected chi connectivity index (χ4v) is 3.53. The first kappa shape index (κ1) is 17.3. The summed E-state index contributed by atoms with van der Waals surface area (Å²) in [5.74, 6) is 0.264. The van der Waals surface area contributed by atoms with E-state index >= 15 is 0 Å². The van der Waals surface area contributed by atoms with E-state index in [1.54, 1.807) is 24.3 Å². The first-order chi connectivity index (χ1) is 14.2. The zero-order valence-corrected chi connectivity index (χ0v) is 15.4. The van der Waals surface area contributed by atoms with Crippen molar-refractivity contribution >= 4 is 28.8 Å². The molecular weight excluding hydrogens is 365 g/mol. The molecule has 0 fully saturated rings. The molecule has 0 bridgehead atoms. The highest BCUT2D eigenvalue weighted by Gasteiger charge is 2.21. The first-order valence-corrected chi connectivity index (χ1v) is 9.32. The number of rotatable bonds is 2. The van der Waals surface area contributed by atoms with E-state index in [4.69, 9.17) is 4.74 Å². The molecule has 5 rings (SSSR count). The van der Waals surface area contributed by atoms with E-state index < -0.39 is 0 Å². The number of hydrogen-bond acceptors (Lipinski definition) is 3. The van der Waals surface area contributed by atoms with Crippen LogP contribution in [0.4, 0.5) is 4.39 Å². The minimum absolute atomic E-state index is 0.0392. The van der Waals surface area contributed by atoms with Crippen molar-refractivity contribution in [1.82, 2.24) is 4.98 Å².